The number of benzene rings is 2. The first kappa shape index (κ1) is 21.2. The molecular formula is C24H25ClN4O2. The maximum absolute atomic E-state index is 13.0. The van der Waals surface area contributed by atoms with E-state index >= 15 is 0 Å². The van der Waals surface area contributed by atoms with Crippen LogP contribution in [0.5, 0.6) is 0 Å². The van der Waals surface area contributed by atoms with Crippen molar-refractivity contribution in [1.29, 1.82) is 0 Å². The molecule has 1 aromatic heterocycles. The predicted octanol–water partition coefficient (Wildman–Crippen LogP) is 4.73. The summed E-state index contributed by atoms with van der Waals surface area (Å²) in [5, 5.41) is 4.43. The molecule has 0 bridgehead atoms. The Morgan fingerprint density at radius 1 is 1.19 bits per heavy atom. The van der Waals surface area contributed by atoms with Crippen LogP contribution in [0.4, 0.5) is 5.69 Å². The van der Waals surface area contributed by atoms with Gasteiger partial charge in [-0.2, -0.15) is 0 Å². The number of nitrogens with one attached hydrogen (secondary N) is 1. The van der Waals surface area contributed by atoms with E-state index in [1.54, 1.807) is 31.2 Å². The molecule has 1 aliphatic heterocycles. The fourth-order valence-corrected chi connectivity index (χ4v) is 4.10. The van der Waals surface area contributed by atoms with Crippen molar-refractivity contribution in [2.24, 2.45) is 5.92 Å². The molecule has 0 unspecified atom stereocenters. The SMILES string of the molecule is CCC(=O)Nc1ccc(C(=O)N2CCC[C@@H](Cc3ncc4ccc(Cl)cc4n3)C2)cc1. The standard InChI is InChI=1S/C24H25ClN4O2/c1-2-23(30)27-20-9-6-17(7-10-20)24(31)29-11-3-4-16(15-29)12-22-26-14-18-5-8-19(25)13-21(18)28-22/h5-10,13-14,16H,2-4,11-12,15H2,1H3,(H,27,30)/t16-/m0/s1. The van der Waals surface area contributed by atoms with Gasteiger partial charge in [-0.15, -0.1) is 0 Å². The molecule has 2 amide bonds. The van der Waals surface area contributed by atoms with Crippen LogP contribution in [-0.4, -0.2) is 39.8 Å². The molecule has 1 fully saturated rings. The van der Waals surface area contributed by atoms with Gasteiger partial charge in [0.05, 0.1) is 5.52 Å². The number of amides is 2. The highest BCUT2D eigenvalue weighted by Crippen LogP contribution is 2.23. The van der Waals surface area contributed by atoms with Crippen molar-refractivity contribution in [1.82, 2.24) is 14.9 Å². The van der Waals surface area contributed by atoms with Crippen LogP contribution in [0.25, 0.3) is 10.9 Å². The van der Waals surface area contributed by atoms with Gasteiger partial charge in [-0.3, -0.25) is 9.59 Å². The molecule has 0 saturated carbocycles. The molecule has 1 saturated heterocycles. The molecule has 6 nitrogen and oxygen atoms in total. The van der Waals surface area contributed by atoms with Crippen LogP contribution in [-0.2, 0) is 11.2 Å². The quantitative estimate of drug-likeness (QED) is 0.627. The molecule has 1 atom stereocenters. The predicted molar refractivity (Wildman–Crippen MR) is 122 cm³/mol. The topological polar surface area (TPSA) is 75.2 Å². The van der Waals surface area contributed by atoms with Crippen molar-refractivity contribution in [2.75, 3.05) is 18.4 Å². The minimum atomic E-state index is -0.0453. The number of nitrogens with zero attached hydrogens (tertiary/aromatic N) is 3. The lowest BCUT2D eigenvalue weighted by Crippen LogP contribution is -2.40. The lowest BCUT2D eigenvalue weighted by Gasteiger charge is -2.32. The van der Waals surface area contributed by atoms with Gasteiger partial charge in [-0.25, -0.2) is 9.97 Å². The van der Waals surface area contributed by atoms with Crippen LogP contribution in [0.15, 0.2) is 48.7 Å². The van der Waals surface area contributed by atoms with Crippen molar-refractivity contribution in [3.63, 3.8) is 0 Å². The van der Waals surface area contributed by atoms with Crippen molar-refractivity contribution in [3.05, 3.63) is 65.1 Å². The second-order valence-corrected chi connectivity index (χ2v) is 8.37. The highest BCUT2D eigenvalue weighted by Gasteiger charge is 2.25. The highest BCUT2D eigenvalue weighted by atomic mass is 35.5. The number of hydrogen-bond acceptors (Lipinski definition) is 4. The van der Waals surface area contributed by atoms with E-state index in [-0.39, 0.29) is 11.8 Å². The Labute approximate surface area is 186 Å². The van der Waals surface area contributed by atoms with Crippen LogP contribution in [0, 0.1) is 5.92 Å². The number of anilines is 1. The first-order valence-corrected chi connectivity index (χ1v) is 11.0. The van der Waals surface area contributed by atoms with Gasteiger partial charge in [0.2, 0.25) is 5.91 Å². The van der Waals surface area contributed by atoms with Gasteiger partial charge in [0.1, 0.15) is 5.82 Å². The second kappa shape index (κ2) is 9.43. The molecule has 1 aliphatic rings. The summed E-state index contributed by atoms with van der Waals surface area (Å²) in [4.78, 5) is 35.6. The number of rotatable bonds is 5. The summed E-state index contributed by atoms with van der Waals surface area (Å²) in [6.45, 7) is 3.24. The number of likely N-dealkylation sites (tertiary alicyclic amines) is 1. The minimum Gasteiger partial charge on any atom is -0.338 e. The van der Waals surface area contributed by atoms with Crippen LogP contribution in [0.2, 0.25) is 5.02 Å². The summed E-state index contributed by atoms with van der Waals surface area (Å²) in [5.74, 6) is 1.07. The Hall–Kier alpha value is -2.99. The lowest BCUT2D eigenvalue weighted by molar-refractivity contribution is -0.115. The lowest BCUT2D eigenvalue weighted by atomic mass is 9.94. The maximum Gasteiger partial charge on any atom is 0.253 e. The summed E-state index contributed by atoms with van der Waals surface area (Å²) in [7, 11) is 0. The number of aromatic nitrogens is 2. The summed E-state index contributed by atoms with van der Waals surface area (Å²) in [6, 6.07) is 12.7. The summed E-state index contributed by atoms with van der Waals surface area (Å²) < 4.78 is 0. The van der Waals surface area contributed by atoms with Crippen LogP contribution >= 0.6 is 11.6 Å². The molecule has 160 valence electrons. The van der Waals surface area contributed by atoms with Crippen molar-refractivity contribution in [3.8, 4) is 0 Å². The Morgan fingerprint density at radius 3 is 2.77 bits per heavy atom. The smallest absolute Gasteiger partial charge is 0.253 e. The molecule has 0 radical (unpaired) electrons. The number of halogens is 1. The molecule has 0 aliphatic carbocycles. The molecule has 3 aromatic rings. The van der Waals surface area contributed by atoms with E-state index in [9.17, 15) is 9.59 Å². The van der Waals surface area contributed by atoms with Crippen molar-refractivity contribution in [2.45, 2.75) is 32.6 Å². The van der Waals surface area contributed by atoms with E-state index in [4.69, 9.17) is 11.6 Å². The molecule has 31 heavy (non-hydrogen) atoms. The molecule has 0 spiro atoms. The first-order chi connectivity index (χ1) is 15.0. The van der Waals surface area contributed by atoms with E-state index in [2.05, 4.69) is 15.3 Å². The zero-order valence-electron chi connectivity index (χ0n) is 17.5. The third kappa shape index (κ3) is 5.20. The Morgan fingerprint density at radius 2 is 2.00 bits per heavy atom. The molecular weight excluding hydrogens is 412 g/mol. The Bertz CT molecular complexity index is 1100. The zero-order chi connectivity index (χ0) is 21.8. The largest absolute Gasteiger partial charge is 0.338 e. The summed E-state index contributed by atoms with van der Waals surface area (Å²) >= 11 is 6.09. The number of fused-ring (bicyclic) bond motifs is 1. The molecule has 1 N–H and O–H groups in total. The molecule has 2 heterocycles. The monoisotopic (exact) mass is 436 g/mol. The number of piperidine rings is 1. The molecule has 4 rings (SSSR count). The molecule has 2 aromatic carbocycles. The Kier molecular flexibility index (Phi) is 6.47. The number of carbonyl (C=O) groups excluding carboxylic acids is 2. The van der Waals surface area contributed by atoms with Gasteiger partial charge < -0.3 is 10.2 Å². The summed E-state index contributed by atoms with van der Waals surface area (Å²) in [5.41, 5.74) is 2.18. The van der Waals surface area contributed by atoms with Crippen LogP contribution in [0.1, 0.15) is 42.4 Å². The fraction of sp³-hybridized carbons (Fsp3) is 0.333. The number of hydrogen-bond donors (Lipinski definition) is 1. The van der Waals surface area contributed by atoms with Gasteiger partial charge in [0.25, 0.3) is 5.91 Å². The van der Waals surface area contributed by atoms with Gasteiger partial charge in [-0.1, -0.05) is 18.5 Å². The average molecular weight is 437 g/mol. The van der Waals surface area contributed by atoms with E-state index in [1.165, 1.54) is 0 Å². The third-order valence-electron chi connectivity index (χ3n) is 5.61. The number of carbonyl (C=O) groups is 2. The van der Waals surface area contributed by atoms with Gasteiger partial charge in [-0.05, 0) is 61.2 Å². The minimum absolute atomic E-state index is 0.0179. The van der Waals surface area contributed by atoms with Crippen molar-refractivity contribution < 1.29 is 9.59 Å². The fourth-order valence-electron chi connectivity index (χ4n) is 3.94. The van der Waals surface area contributed by atoms with E-state index in [0.29, 0.717) is 35.2 Å². The van der Waals surface area contributed by atoms with E-state index in [1.807, 2.05) is 29.3 Å². The summed E-state index contributed by atoms with van der Waals surface area (Å²) in [6.07, 6.45) is 4.99. The van der Waals surface area contributed by atoms with Gasteiger partial charge in [0, 0.05) is 53.8 Å². The van der Waals surface area contributed by atoms with Gasteiger partial charge >= 0.3 is 0 Å². The molecule has 7 heteroatoms. The average Bonchev–Trinajstić information content (AvgIpc) is 2.79. The first-order valence-electron chi connectivity index (χ1n) is 10.6. The Balaban J connectivity index is 1.41. The van der Waals surface area contributed by atoms with Gasteiger partial charge in [0.15, 0.2) is 0 Å². The van der Waals surface area contributed by atoms with Crippen LogP contribution in [0.3, 0.4) is 0 Å². The highest BCUT2D eigenvalue weighted by molar-refractivity contribution is 6.31. The van der Waals surface area contributed by atoms with Crippen molar-refractivity contribution >= 4 is 40.0 Å². The second-order valence-electron chi connectivity index (χ2n) is 7.93. The van der Waals surface area contributed by atoms with Crippen LogP contribution < -0.4 is 5.32 Å². The van der Waals surface area contributed by atoms with E-state index in [0.717, 1.165) is 42.5 Å². The maximum atomic E-state index is 13.0. The normalized spacial score (nSPS) is 16.3. The third-order valence-corrected chi connectivity index (χ3v) is 5.84. The van der Waals surface area contributed by atoms with E-state index < -0.39 is 0 Å². The zero-order valence-corrected chi connectivity index (χ0v) is 18.2.